The molecule has 0 aliphatic carbocycles. The maximum absolute atomic E-state index is 9.41. The summed E-state index contributed by atoms with van der Waals surface area (Å²) in [5.74, 6) is -0.415. The van der Waals surface area contributed by atoms with Crippen LogP contribution in [0.5, 0.6) is 11.5 Å². The largest absolute Gasteiger partial charge is 0.504 e. The molecule has 3 nitrogen and oxygen atoms in total. The van der Waals surface area contributed by atoms with Gasteiger partial charge in [-0.05, 0) is 23.1 Å². The van der Waals surface area contributed by atoms with Gasteiger partial charge in [-0.25, -0.2) is 0 Å². The highest BCUT2D eigenvalue weighted by Crippen LogP contribution is 2.34. The Balaban J connectivity index is 3.30. The molecule has 0 saturated heterocycles. The van der Waals surface area contributed by atoms with E-state index in [2.05, 4.69) is 0 Å². The first kappa shape index (κ1) is 10.9. The molecule has 1 aromatic rings. The van der Waals surface area contributed by atoms with E-state index in [0.29, 0.717) is 5.56 Å². The van der Waals surface area contributed by atoms with E-state index in [4.69, 9.17) is 5.11 Å². The summed E-state index contributed by atoms with van der Waals surface area (Å²) in [4.78, 5) is 0. The average molecular weight is 196 g/mol. The van der Waals surface area contributed by atoms with Crippen molar-refractivity contribution in [3.8, 4) is 11.5 Å². The average Bonchev–Trinajstić information content (AvgIpc) is 2.07. The second-order valence-electron chi connectivity index (χ2n) is 4.41. The van der Waals surface area contributed by atoms with Crippen LogP contribution in [0.1, 0.15) is 31.9 Å². The van der Waals surface area contributed by atoms with Gasteiger partial charge in [-0.2, -0.15) is 0 Å². The number of hydrogen-bond donors (Lipinski definition) is 3. The number of aromatic hydroxyl groups is 2. The monoisotopic (exact) mass is 196 g/mol. The molecule has 0 amide bonds. The summed E-state index contributed by atoms with van der Waals surface area (Å²) in [7, 11) is 0. The molecule has 0 heterocycles. The maximum Gasteiger partial charge on any atom is 0.163 e. The zero-order valence-corrected chi connectivity index (χ0v) is 8.70. The summed E-state index contributed by atoms with van der Waals surface area (Å²) in [6.07, 6.45) is 0. The molecule has 3 heteroatoms. The first-order valence-corrected chi connectivity index (χ1v) is 4.52. The molecule has 0 saturated carbocycles. The van der Waals surface area contributed by atoms with Crippen LogP contribution in [0.25, 0.3) is 0 Å². The lowest BCUT2D eigenvalue weighted by molar-refractivity contribution is 0.272. The van der Waals surface area contributed by atoms with Crippen LogP contribution >= 0.6 is 0 Å². The minimum Gasteiger partial charge on any atom is -0.504 e. The van der Waals surface area contributed by atoms with Gasteiger partial charge >= 0.3 is 0 Å². The van der Waals surface area contributed by atoms with E-state index in [1.54, 1.807) is 6.07 Å². The van der Waals surface area contributed by atoms with E-state index in [1.807, 2.05) is 20.8 Å². The van der Waals surface area contributed by atoms with E-state index < -0.39 is 0 Å². The standard InChI is InChI=1S/C11H16O3/c1-11(2,3)8-4-7(6-12)10(14)9(13)5-8/h4-5,12-14H,6H2,1-3H3. The van der Waals surface area contributed by atoms with E-state index >= 15 is 0 Å². The van der Waals surface area contributed by atoms with Crippen molar-refractivity contribution in [1.29, 1.82) is 0 Å². The van der Waals surface area contributed by atoms with E-state index in [9.17, 15) is 10.2 Å². The Hall–Kier alpha value is -1.22. The number of aliphatic hydroxyl groups excluding tert-OH is 1. The maximum atomic E-state index is 9.41. The third kappa shape index (κ3) is 1.99. The van der Waals surface area contributed by atoms with Gasteiger partial charge in [-0.1, -0.05) is 20.8 Å². The lowest BCUT2D eigenvalue weighted by Crippen LogP contribution is -2.11. The van der Waals surface area contributed by atoms with Gasteiger partial charge in [0.25, 0.3) is 0 Å². The molecule has 0 atom stereocenters. The molecule has 0 bridgehead atoms. The SMILES string of the molecule is CC(C)(C)c1cc(O)c(O)c(CO)c1. The number of benzene rings is 1. The lowest BCUT2D eigenvalue weighted by Gasteiger charge is -2.20. The van der Waals surface area contributed by atoms with Crippen LogP contribution in [-0.2, 0) is 12.0 Å². The minimum atomic E-state index is -0.274. The number of aliphatic hydroxyl groups is 1. The number of rotatable bonds is 1. The van der Waals surface area contributed by atoms with Crippen LogP contribution in [0.4, 0.5) is 0 Å². The lowest BCUT2D eigenvalue weighted by atomic mass is 9.86. The van der Waals surface area contributed by atoms with Crippen LogP contribution in [-0.4, -0.2) is 15.3 Å². The van der Waals surface area contributed by atoms with Gasteiger partial charge in [0, 0.05) is 5.56 Å². The molecule has 0 spiro atoms. The Morgan fingerprint density at radius 2 is 1.71 bits per heavy atom. The van der Waals surface area contributed by atoms with Crippen molar-refractivity contribution >= 4 is 0 Å². The number of phenolic OH excluding ortho intramolecular Hbond substituents is 1. The van der Waals surface area contributed by atoms with Crippen molar-refractivity contribution in [2.45, 2.75) is 32.8 Å². The minimum absolute atomic E-state index is 0.116. The van der Waals surface area contributed by atoms with Gasteiger partial charge < -0.3 is 15.3 Å². The molecular weight excluding hydrogens is 180 g/mol. The Labute approximate surface area is 83.6 Å². The Morgan fingerprint density at radius 3 is 2.14 bits per heavy atom. The van der Waals surface area contributed by atoms with Crippen molar-refractivity contribution in [2.24, 2.45) is 0 Å². The number of phenols is 2. The summed E-state index contributed by atoms with van der Waals surface area (Å²) < 4.78 is 0. The molecular formula is C11H16O3. The highest BCUT2D eigenvalue weighted by atomic mass is 16.3. The fourth-order valence-corrected chi connectivity index (χ4v) is 1.23. The molecule has 0 aromatic heterocycles. The topological polar surface area (TPSA) is 60.7 Å². The van der Waals surface area contributed by atoms with Crippen molar-refractivity contribution in [3.63, 3.8) is 0 Å². The zero-order chi connectivity index (χ0) is 10.9. The van der Waals surface area contributed by atoms with E-state index in [1.165, 1.54) is 6.07 Å². The smallest absolute Gasteiger partial charge is 0.163 e. The molecule has 78 valence electrons. The molecule has 0 aliphatic rings. The van der Waals surface area contributed by atoms with Crippen LogP contribution in [0.15, 0.2) is 12.1 Å². The van der Waals surface area contributed by atoms with Crippen molar-refractivity contribution in [1.82, 2.24) is 0 Å². The first-order valence-electron chi connectivity index (χ1n) is 4.52. The van der Waals surface area contributed by atoms with Crippen LogP contribution in [0, 0.1) is 0 Å². The van der Waals surface area contributed by atoms with Gasteiger partial charge in [0.05, 0.1) is 6.61 Å². The molecule has 3 N–H and O–H groups in total. The fourth-order valence-electron chi connectivity index (χ4n) is 1.23. The quantitative estimate of drug-likeness (QED) is 0.601. The summed E-state index contributed by atoms with van der Waals surface area (Å²) in [6, 6.07) is 3.23. The zero-order valence-electron chi connectivity index (χ0n) is 8.70. The highest BCUT2D eigenvalue weighted by molar-refractivity contribution is 5.48. The first-order chi connectivity index (χ1) is 6.36. The van der Waals surface area contributed by atoms with Crippen LogP contribution in [0.2, 0.25) is 0 Å². The molecule has 0 aliphatic heterocycles. The summed E-state index contributed by atoms with van der Waals surface area (Å²) in [5, 5.41) is 27.8. The Morgan fingerprint density at radius 1 is 1.14 bits per heavy atom. The normalized spacial score (nSPS) is 11.7. The summed E-state index contributed by atoms with van der Waals surface area (Å²) in [6.45, 7) is 5.73. The predicted octanol–water partition coefficient (Wildman–Crippen LogP) is 1.89. The van der Waals surface area contributed by atoms with Crippen molar-refractivity contribution in [3.05, 3.63) is 23.3 Å². The summed E-state index contributed by atoms with van der Waals surface area (Å²) in [5.41, 5.74) is 1.13. The molecule has 1 aromatic carbocycles. The number of hydrogen-bond acceptors (Lipinski definition) is 3. The third-order valence-corrected chi connectivity index (χ3v) is 2.21. The van der Waals surface area contributed by atoms with E-state index in [-0.39, 0.29) is 23.5 Å². The van der Waals surface area contributed by atoms with Gasteiger partial charge in [-0.15, -0.1) is 0 Å². The molecule has 0 unspecified atom stereocenters. The Bertz CT molecular complexity index is 337. The summed E-state index contributed by atoms with van der Waals surface area (Å²) >= 11 is 0. The van der Waals surface area contributed by atoms with Gasteiger partial charge in [-0.3, -0.25) is 0 Å². The van der Waals surface area contributed by atoms with Gasteiger partial charge in [0.2, 0.25) is 0 Å². The Kier molecular flexibility index (Phi) is 2.71. The van der Waals surface area contributed by atoms with Crippen molar-refractivity contribution < 1.29 is 15.3 Å². The van der Waals surface area contributed by atoms with Crippen LogP contribution in [0.3, 0.4) is 0 Å². The highest BCUT2D eigenvalue weighted by Gasteiger charge is 2.17. The van der Waals surface area contributed by atoms with Crippen molar-refractivity contribution in [2.75, 3.05) is 0 Å². The van der Waals surface area contributed by atoms with E-state index in [0.717, 1.165) is 5.56 Å². The second kappa shape index (κ2) is 3.50. The predicted molar refractivity (Wildman–Crippen MR) is 54.4 cm³/mol. The molecule has 14 heavy (non-hydrogen) atoms. The molecule has 0 fully saturated rings. The van der Waals surface area contributed by atoms with Crippen LogP contribution < -0.4 is 0 Å². The third-order valence-electron chi connectivity index (χ3n) is 2.21. The molecule has 1 rings (SSSR count). The molecule has 0 radical (unpaired) electrons. The van der Waals surface area contributed by atoms with Gasteiger partial charge in [0.1, 0.15) is 0 Å². The fraction of sp³-hybridized carbons (Fsp3) is 0.455. The van der Waals surface area contributed by atoms with Gasteiger partial charge in [0.15, 0.2) is 11.5 Å². The second-order valence-corrected chi connectivity index (χ2v) is 4.41.